The number of fused-ring (bicyclic) bond motifs is 11. The van der Waals surface area contributed by atoms with Gasteiger partial charge in [0.25, 0.3) is 0 Å². The molecule has 0 spiro atoms. The Hall–Kier alpha value is -7.88. The van der Waals surface area contributed by atoms with Crippen LogP contribution in [-0.4, -0.2) is 0 Å². The highest BCUT2D eigenvalue weighted by Crippen LogP contribution is 2.51. The van der Waals surface area contributed by atoms with Crippen molar-refractivity contribution in [2.24, 2.45) is 0 Å². The molecular formula is C56H32O3. The lowest BCUT2D eigenvalue weighted by molar-refractivity contribution is 0.665. The summed E-state index contributed by atoms with van der Waals surface area (Å²) in [6.45, 7) is 0. The topological polar surface area (TPSA) is 39.4 Å². The Morgan fingerprint density at radius 2 is 0.610 bits per heavy atom. The van der Waals surface area contributed by atoms with E-state index in [1.807, 2.05) is 18.2 Å². The molecule has 0 saturated carbocycles. The normalized spacial score (nSPS) is 12.1. The van der Waals surface area contributed by atoms with E-state index in [0.29, 0.717) is 0 Å². The van der Waals surface area contributed by atoms with Crippen LogP contribution in [0, 0.1) is 0 Å². The van der Waals surface area contributed by atoms with Crippen molar-refractivity contribution in [1.29, 1.82) is 0 Å². The average molecular weight is 753 g/mol. The van der Waals surface area contributed by atoms with Gasteiger partial charge in [0.2, 0.25) is 0 Å². The number of hydrogen-bond donors (Lipinski definition) is 0. The second-order valence-electron chi connectivity index (χ2n) is 15.4. The van der Waals surface area contributed by atoms with Crippen molar-refractivity contribution in [3.8, 4) is 44.5 Å². The minimum atomic E-state index is 0.814. The van der Waals surface area contributed by atoms with Gasteiger partial charge in [0.15, 0.2) is 0 Å². The molecule has 0 aliphatic carbocycles. The molecule has 3 heterocycles. The zero-order valence-electron chi connectivity index (χ0n) is 31.7. The summed E-state index contributed by atoms with van der Waals surface area (Å²) in [5, 5.41) is 11.3. The third-order valence-corrected chi connectivity index (χ3v) is 12.3. The van der Waals surface area contributed by atoms with Crippen molar-refractivity contribution in [3.63, 3.8) is 0 Å². The van der Waals surface area contributed by atoms with Crippen LogP contribution in [0.1, 0.15) is 0 Å². The first-order valence-electron chi connectivity index (χ1n) is 20.1. The van der Waals surface area contributed by atoms with Gasteiger partial charge < -0.3 is 13.3 Å². The molecule has 0 N–H and O–H groups in total. The first-order chi connectivity index (χ1) is 29.3. The van der Waals surface area contributed by atoms with Crippen LogP contribution in [0.15, 0.2) is 207 Å². The molecule has 3 heteroatoms. The van der Waals surface area contributed by atoms with Crippen molar-refractivity contribution in [2.75, 3.05) is 0 Å². The number of furan rings is 3. The summed E-state index contributed by atoms with van der Waals surface area (Å²) >= 11 is 0. The van der Waals surface area contributed by atoms with Crippen LogP contribution >= 0.6 is 0 Å². The van der Waals surface area contributed by atoms with Crippen LogP contribution in [0.2, 0.25) is 0 Å². The Kier molecular flexibility index (Phi) is 6.72. The van der Waals surface area contributed by atoms with E-state index in [2.05, 4.69) is 176 Å². The maximum Gasteiger partial charge on any atom is 0.144 e. The van der Waals surface area contributed by atoms with Gasteiger partial charge in [-0.2, -0.15) is 0 Å². The fraction of sp³-hybridized carbons (Fsp3) is 0. The molecule has 59 heavy (non-hydrogen) atoms. The highest BCUT2D eigenvalue weighted by Gasteiger charge is 2.25. The van der Waals surface area contributed by atoms with E-state index in [1.54, 1.807) is 0 Å². The first-order valence-corrected chi connectivity index (χ1v) is 20.1. The average Bonchev–Trinajstić information content (AvgIpc) is 4.00. The molecule has 0 bridgehead atoms. The number of para-hydroxylation sites is 4. The zero-order chi connectivity index (χ0) is 38.6. The largest absolute Gasteiger partial charge is 0.455 e. The predicted octanol–water partition coefficient (Wildman–Crippen LogP) is 16.4. The molecule has 0 atom stereocenters. The van der Waals surface area contributed by atoms with Crippen molar-refractivity contribution >= 4 is 87.4 Å². The lowest BCUT2D eigenvalue weighted by Gasteiger charge is -2.18. The van der Waals surface area contributed by atoms with Crippen LogP contribution in [0.25, 0.3) is 132 Å². The van der Waals surface area contributed by atoms with E-state index in [0.717, 1.165) is 93.6 Å². The Balaban J connectivity index is 1.12. The summed E-state index contributed by atoms with van der Waals surface area (Å²) in [6.07, 6.45) is 0. The summed E-state index contributed by atoms with van der Waals surface area (Å²) in [7, 11) is 0. The SMILES string of the molecule is c1ccc(-c2c3ccccc3c(-c3ccc(-c4ccc(-c5cccc6c5oc5ccccc56)c5c4oc4ccccc45)c4oc5ccccc5c34)c3ccccc23)cc1. The molecule has 13 rings (SSSR count). The molecule has 0 radical (unpaired) electrons. The number of rotatable bonds is 4. The quantitative estimate of drug-likeness (QED) is 0.168. The second-order valence-corrected chi connectivity index (χ2v) is 15.4. The molecule has 0 amide bonds. The van der Waals surface area contributed by atoms with Crippen molar-refractivity contribution in [3.05, 3.63) is 194 Å². The van der Waals surface area contributed by atoms with Gasteiger partial charge in [-0.1, -0.05) is 164 Å². The van der Waals surface area contributed by atoms with Crippen LogP contribution in [0.3, 0.4) is 0 Å². The standard InChI is InChI=1S/C56H32O3/c1-2-15-33(16-3-1)50-35-18-4-6-20-37(35)51(38-21-7-5-19-36(38)50)46-32-31-43(56-53(46)45-23-10-13-28-49(45)59-56)42-30-29-39(52-44-22-9-12-27-48(44)58-55(42)52)41-25-14-24-40-34-17-8-11-26-47(34)57-54(40)41/h1-32H. The monoisotopic (exact) mass is 752 g/mol. The van der Waals surface area contributed by atoms with E-state index in [-0.39, 0.29) is 0 Å². The van der Waals surface area contributed by atoms with Crippen LogP contribution in [0.5, 0.6) is 0 Å². The third kappa shape index (κ3) is 4.58. The Morgan fingerprint density at radius 1 is 0.220 bits per heavy atom. The minimum absolute atomic E-state index is 0.814. The molecule has 274 valence electrons. The summed E-state index contributed by atoms with van der Waals surface area (Å²) in [5.41, 5.74) is 13.9. The predicted molar refractivity (Wildman–Crippen MR) is 245 cm³/mol. The van der Waals surface area contributed by atoms with Crippen LogP contribution in [-0.2, 0) is 0 Å². The van der Waals surface area contributed by atoms with Gasteiger partial charge in [0.1, 0.15) is 33.5 Å². The second kappa shape index (κ2) is 12.3. The molecule has 3 aromatic heterocycles. The Labute approximate surface area is 337 Å². The van der Waals surface area contributed by atoms with E-state index >= 15 is 0 Å². The molecule has 0 aliphatic heterocycles. The lowest BCUT2D eigenvalue weighted by Crippen LogP contribution is -1.92. The minimum Gasteiger partial charge on any atom is -0.455 e. The smallest absolute Gasteiger partial charge is 0.144 e. The van der Waals surface area contributed by atoms with Crippen LogP contribution < -0.4 is 0 Å². The van der Waals surface area contributed by atoms with Crippen LogP contribution in [0.4, 0.5) is 0 Å². The van der Waals surface area contributed by atoms with Crippen molar-refractivity contribution in [2.45, 2.75) is 0 Å². The molecule has 0 aliphatic rings. The highest BCUT2D eigenvalue weighted by molar-refractivity contribution is 6.28. The Morgan fingerprint density at radius 3 is 1.20 bits per heavy atom. The van der Waals surface area contributed by atoms with Gasteiger partial charge in [-0.15, -0.1) is 0 Å². The van der Waals surface area contributed by atoms with E-state index < -0.39 is 0 Å². The zero-order valence-corrected chi connectivity index (χ0v) is 31.7. The molecule has 0 fully saturated rings. The molecule has 13 aromatic rings. The Bertz CT molecular complexity index is 3780. The molecule has 3 nitrogen and oxygen atoms in total. The fourth-order valence-corrected chi connectivity index (χ4v) is 9.81. The molecule has 10 aromatic carbocycles. The van der Waals surface area contributed by atoms with Crippen molar-refractivity contribution in [1.82, 2.24) is 0 Å². The summed E-state index contributed by atoms with van der Waals surface area (Å²) in [6, 6.07) is 68.8. The fourth-order valence-electron chi connectivity index (χ4n) is 9.81. The third-order valence-electron chi connectivity index (χ3n) is 12.3. The van der Waals surface area contributed by atoms with Gasteiger partial charge in [0, 0.05) is 49.0 Å². The first kappa shape index (κ1) is 32.2. The maximum absolute atomic E-state index is 6.99. The number of benzene rings is 10. The van der Waals surface area contributed by atoms with Gasteiger partial charge >= 0.3 is 0 Å². The van der Waals surface area contributed by atoms with Gasteiger partial charge in [0.05, 0.1) is 0 Å². The van der Waals surface area contributed by atoms with Gasteiger partial charge in [-0.05, 0) is 79.7 Å². The summed E-state index contributed by atoms with van der Waals surface area (Å²) < 4.78 is 20.5. The number of hydrogen-bond acceptors (Lipinski definition) is 3. The van der Waals surface area contributed by atoms with Gasteiger partial charge in [-0.3, -0.25) is 0 Å². The van der Waals surface area contributed by atoms with Gasteiger partial charge in [-0.25, -0.2) is 0 Å². The van der Waals surface area contributed by atoms with E-state index in [9.17, 15) is 0 Å². The summed E-state index contributed by atoms with van der Waals surface area (Å²) in [5.74, 6) is 0. The molecule has 0 unspecified atom stereocenters. The molecular weight excluding hydrogens is 721 g/mol. The maximum atomic E-state index is 6.99. The molecule has 0 saturated heterocycles. The highest BCUT2D eigenvalue weighted by atomic mass is 16.3. The lowest BCUT2D eigenvalue weighted by atomic mass is 9.84. The summed E-state index contributed by atoms with van der Waals surface area (Å²) in [4.78, 5) is 0. The van der Waals surface area contributed by atoms with E-state index in [1.165, 1.54) is 38.2 Å². The van der Waals surface area contributed by atoms with Crippen molar-refractivity contribution < 1.29 is 13.3 Å². The van der Waals surface area contributed by atoms with E-state index in [4.69, 9.17) is 13.3 Å².